The highest BCUT2D eigenvalue weighted by Crippen LogP contribution is 2.49. The molecule has 0 saturated carbocycles. The van der Waals surface area contributed by atoms with Gasteiger partial charge in [0.2, 0.25) is 0 Å². The Morgan fingerprint density at radius 3 is 1.53 bits per heavy atom. The van der Waals surface area contributed by atoms with E-state index < -0.39 is 0 Å². The third-order valence-electron chi connectivity index (χ3n) is 13.0. The minimum absolute atomic E-state index is 0.464. The maximum Gasteiger partial charge on any atom is 0.138 e. The number of pyridine rings is 2. The fourth-order valence-electron chi connectivity index (χ4n) is 9.90. The molecule has 0 fully saturated rings. The first-order valence-corrected chi connectivity index (χ1v) is 22.8. The van der Waals surface area contributed by atoms with Crippen LogP contribution in [0.3, 0.4) is 0 Å². The first-order chi connectivity index (χ1) is 33.6. The smallest absolute Gasteiger partial charge is 0.138 e. The largest absolute Gasteiger partial charge is 0.398 e. The number of benzene rings is 10. The van der Waals surface area contributed by atoms with Crippen LogP contribution in [0.15, 0.2) is 243 Å². The van der Waals surface area contributed by atoms with Crippen LogP contribution in [-0.4, -0.2) is 9.97 Å². The molecule has 10 aromatic carbocycles. The van der Waals surface area contributed by atoms with Crippen LogP contribution in [0.4, 0.5) is 34.4 Å². The molecular weight excluding hydrogens is 829 g/mol. The van der Waals surface area contributed by atoms with E-state index in [9.17, 15) is 0 Å². The van der Waals surface area contributed by atoms with Crippen molar-refractivity contribution >= 4 is 94.3 Å². The van der Waals surface area contributed by atoms with Crippen LogP contribution >= 0.6 is 0 Å². The summed E-state index contributed by atoms with van der Waals surface area (Å²) in [5.74, 6) is 1.95. The number of aromatic nitrogens is 2. The van der Waals surface area contributed by atoms with Gasteiger partial charge in [-0.1, -0.05) is 164 Å². The zero-order valence-electron chi connectivity index (χ0n) is 37.0. The van der Waals surface area contributed by atoms with Crippen molar-refractivity contribution in [1.29, 1.82) is 0 Å². The first kappa shape index (κ1) is 40.3. The molecule has 2 heterocycles. The Bertz CT molecular complexity index is 3890. The molecule has 0 aliphatic rings. The Morgan fingerprint density at radius 2 is 0.912 bits per heavy atom. The monoisotopic (exact) mass is 872 g/mol. The Kier molecular flexibility index (Phi) is 10.0. The molecule has 0 amide bonds. The van der Waals surface area contributed by atoms with E-state index in [2.05, 4.69) is 199 Å². The molecule has 0 atom stereocenters. The van der Waals surface area contributed by atoms with Crippen molar-refractivity contribution in [2.24, 2.45) is 5.73 Å². The number of nitrogens with zero attached hydrogens (tertiary/aromatic N) is 4. The number of nitrogen functional groups attached to an aromatic ring is 1. The molecule has 4 N–H and O–H groups in total. The summed E-state index contributed by atoms with van der Waals surface area (Å²) in [6.45, 7) is 0. The summed E-state index contributed by atoms with van der Waals surface area (Å²) in [7, 11) is 0. The lowest BCUT2D eigenvalue weighted by Gasteiger charge is -2.28. The highest BCUT2D eigenvalue weighted by Gasteiger charge is 2.25. The van der Waals surface area contributed by atoms with Crippen molar-refractivity contribution in [1.82, 2.24) is 9.97 Å². The Labute approximate surface area is 394 Å². The van der Waals surface area contributed by atoms with Crippen molar-refractivity contribution in [2.75, 3.05) is 15.5 Å². The second kappa shape index (κ2) is 16.9. The van der Waals surface area contributed by atoms with Gasteiger partial charge in [-0.15, -0.1) is 0 Å². The summed E-state index contributed by atoms with van der Waals surface area (Å²) >= 11 is 0. The molecule has 12 rings (SSSR count). The summed E-state index contributed by atoms with van der Waals surface area (Å²) in [5.41, 5.74) is 23.5. The standard InChI is InChI=1S/C62H44N6/c63-57(68(59-28-10-12-36-66-59)56-26-14-22-44-18-6-8-24-51(44)56)40-54-60(47-31-29-41-15-1-3-19-45(41)37-47)52-34-33-49(39-53(52)61(62(54)64)48-32-30-42-16-2-4-20-46(42)38-48)67(58-27-9-11-35-65-58)55-25-13-21-43-17-5-7-23-50(43)55/h1-40H,63-64H2/b57-40+. The van der Waals surface area contributed by atoms with Crippen LogP contribution in [0.1, 0.15) is 5.56 Å². The Morgan fingerprint density at radius 1 is 0.397 bits per heavy atom. The molecule has 6 nitrogen and oxygen atoms in total. The second-order valence-electron chi connectivity index (χ2n) is 17.0. The second-order valence-corrected chi connectivity index (χ2v) is 17.0. The molecule has 0 aliphatic carbocycles. The molecule has 0 spiro atoms. The zero-order valence-corrected chi connectivity index (χ0v) is 37.0. The normalized spacial score (nSPS) is 11.7. The number of hydrogen-bond donors (Lipinski definition) is 2. The van der Waals surface area contributed by atoms with Crippen LogP contribution in [-0.2, 0) is 0 Å². The minimum atomic E-state index is 0.464. The molecule has 0 unspecified atom stereocenters. The fraction of sp³-hybridized carbons (Fsp3) is 0. The average molecular weight is 873 g/mol. The van der Waals surface area contributed by atoms with Crippen molar-refractivity contribution in [3.8, 4) is 22.3 Å². The molecule has 0 radical (unpaired) electrons. The molecule has 0 aliphatic heterocycles. The molecule has 12 aromatic rings. The molecule has 6 heteroatoms. The summed E-state index contributed by atoms with van der Waals surface area (Å²) in [6, 6.07) is 78.4. The third kappa shape index (κ3) is 7.08. The van der Waals surface area contributed by atoms with Gasteiger partial charge in [0, 0.05) is 45.7 Å². The van der Waals surface area contributed by atoms with Gasteiger partial charge in [-0.2, -0.15) is 0 Å². The van der Waals surface area contributed by atoms with Crippen LogP contribution in [0.5, 0.6) is 0 Å². The highest BCUT2D eigenvalue weighted by atomic mass is 15.2. The lowest BCUT2D eigenvalue weighted by Crippen LogP contribution is -2.23. The predicted octanol–water partition coefficient (Wildman–Crippen LogP) is 15.7. The molecule has 322 valence electrons. The minimum Gasteiger partial charge on any atom is -0.398 e. The molecule has 0 saturated heterocycles. The quantitative estimate of drug-likeness (QED) is 0.141. The van der Waals surface area contributed by atoms with Gasteiger partial charge in [-0.25, -0.2) is 9.97 Å². The van der Waals surface area contributed by atoms with Gasteiger partial charge >= 0.3 is 0 Å². The van der Waals surface area contributed by atoms with Crippen molar-refractivity contribution in [3.05, 3.63) is 248 Å². The zero-order chi connectivity index (χ0) is 45.6. The van der Waals surface area contributed by atoms with Gasteiger partial charge in [-0.3, -0.25) is 9.80 Å². The Hall–Kier alpha value is -9.26. The van der Waals surface area contributed by atoms with Crippen LogP contribution in [0.25, 0.3) is 82.2 Å². The molecular formula is C62H44N6. The van der Waals surface area contributed by atoms with E-state index in [4.69, 9.17) is 21.4 Å². The van der Waals surface area contributed by atoms with E-state index in [1.54, 1.807) is 6.20 Å². The van der Waals surface area contributed by atoms with Crippen LogP contribution in [0, 0.1) is 0 Å². The molecule has 68 heavy (non-hydrogen) atoms. The first-order valence-electron chi connectivity index (χ1n) is 22.8. The number of hydrogen-bond acceptors (Lipinski definition) is 6. The number of fused-ring (bicyclic) bond motifs is 5. The van der Waals surface area contributed by atoms with E-state index in [-0.39, 0.29) is 0 Å². The fourth-order valence-corrected chi connectivity index (χ4v) is 9.90. The van der Waals surface area contributed by atoms with Gasteiger partial charge in [0.25, 0.3) is 0 Å². The number of nitrogens with two attached hydrogens (primary N) is 2. The van der Waals surface area contributed by atoms with Gasteiger partial charge < -0.3 is 11.5 Å². The maximum absolute atomic E-state index is 7.86. The van der Waals surface area contributed by atoms with E-state index in [0.29, 0.717) is 17.3 Å². The third-order valence-corrected chi connectivity index (χ3v) is 13.0. The van der Waals surface area contributed by atoms with Gasteiger partial charge in [0.15, 0.2) is 0 Å². The van der Waals surface area contributed by atoms with Crippen molar-refractivity contribution < 1.29 is 0 Å². The van der Waals surface area contributed by atoms with Crippen molar-refractivity contribution in [3.63, 3.8) is 0 Å². The summed E-state index contributed by atoms with van der Waals surface area (Å²) < 4.78 is 0. The van der Waals surface area contributed by atoms with E-state index >= 15 is 0 Å². The summed E-state index contributed by atoms with van der Waals surface area (Å²) in [6.07, 6.45) is 5.69. The molecule has 2 aromatic heterocycles. The average Bonchev–Trinajstić information content (AvgIpc) is 3.39. The maximum atomic E-state index is 7.86. The van der Waals surface area contributed by atoms with Gasteiger partial charge in [0.05, 0.1) is 11.4 Å². The highest BCUT2D eigenvalue weighted by molar-refractivity contribution is 6.16. The lowest BCUT2D eigenvalue weighted by molar-refractivity contribution is 1.09. The van der Waals surface area contributed by atoms with Gasteiger partial charge in [-0.05, 0) is 127 Å². The van der Waals surface area contributed by atoms with Gasteiger partial charge in [0.1, 0.15) is 17.5 Å². The van der Waals surface area contributed by atoms with Crippen molar-refractivity contribution in [2.45, 2.75) is 0 Å². The number of rotatable bonds is 9. The number of anilines is 6. The van der Waals surface area contributed by atoms with Crippen LogP contribution < -0.4 is 21.3 Å². The summed E-state index contributed by atoms with van der Waals surface area (Å²) in [4.78, 5) is 14.1. The van der Waals surface area contributed by atoms with E-state index in [1.807, 2.05) is 47.5 Å². The lowest BCUT2D eigenvalue weighted by atomic mass is 9.85. The summed E-state index contributed by atoms with van der Waals surface area (Å²) in [5, 5.41) is 11.0. The van der Waals surface area contributed by atoms with E-state index in [0.717, 1.165) is 105 Å². The van der Waals surface area contributed by atoms with E-state index in [1.165, 1.54) is 0 Å². The molecule has 0 bridgehead atoms. The Balaban J connectivity index is 1.19. The topological polar surface area (TPSA) is 84.3 Å². The van der Waals surface area contributed by atoms with Crippen LogP contribution in [0.2, 0.25) is 0 Å². The SMILES string of the molecule is N/C(=C\c1c(N)c(-c2ccc3ccccc3c2)c2cc(N(c3ccccn3)c3cccc4ccccc34)ccc2c1-c1ccc2ccccc2c1)N(c1ccccn1)c1cccc2ccccc12. The predicted molar refractivity (Wildman–Crippen MR) is 287 cm³/mol.